The predicted octanol–water partition coefficient (Wildman–Crippen LogP) is 1.14. The van der Waals surface area contributed by atoms with Crippen LogP contribution >= 0.6 is 0 Å². The third-order valence-electron chi connectivity index (χ3n) is 4.29. The second-order valence-electron chi connectivity index (χ2n) is 6.25. The molecule has 2 aromatic carbocycles. The maximum Gasteiger partial charge on any atom is 0.269 e. The Morgan fingerprint density at radius 3 is 2.43 bits per heavy atom. The highest BCUT2D eigenvalue weighted by Crippen LogP contribution is 2.22. The fourth-order valence-corrected chi connectivity index (χ4v) is 3.91. The zero-order valence-corrected chi connectivity index (χ0v) is 16.2. The summed E-state index contributed by atoms with van der Waals surface area (Å²) in [6.45, 7) is 3.51. The van der Waals surface area contributed by atoms with Gasteiger partial charge in [0, 0.05) is 11.1 Å². The second kappa shape index (κ2) is 7.81. The maximum atomic E-state index is 12.2. The molecule has 1 atom stereocenters. The van der Waals surface area contributed by atoms with Crippen LogP contribution in [0.5, 0.6) is 0 Å². The summed E-state index contributed by atoms with van der Waals surface area (Å²) >= 11 is 0. The molecule has 3 rings (SSSR count). The van der Waals surface area contributed by atoms with Gasteiger partial charge in [-0.25, -0.2) is 8.42 Å². The molecule has 2 amide bonds. The number of benzene rings is 2. The number of carbonyl (C=O) groups excluding carboxylic acids is 2. The highest BCUT2D eigenvalue weighted by molar-refractivity contribution is 7.90. The number of hydrazine groups is 1. The van der Waals surface area contributed by atoms with E-state index in [1.165, 1.54) is 13.0 Å². The molecular formula is C19H20N4O4S. The summed E-state index contributed by atoms with van der Waals surface area (Å²) in [6, 6.07) is 12.5. The quantitative estimate of drug-likeness (QED) is 0.667. The molecule has 0 spiro atoms. The molecule has 3 N–H and O–H groups in total. The number of fused-ring (bicyclic) bond motifs is 1. The number of aliphatic imine (C=N–C) groups is 1. The van der Waals surface area contributed by atoms with Crippen molar-refractivity contribution in [1.82, 2.24) is 15.6 Å². The predicted molar refractivity (Wildman–Crippen MR) is 104 cm³/mol. The molecule has 2 aromatic rings. The number of rotatable bonds is 4. The minimum absolute atomic E-state index is 0.0970. The van der Waals surface area contributed by atoms with Crippen molar-refractivity contribution in [1.29, 1.82) is 0 Å². The molecule has 0 aliphatic carbocycles. The van der Waals surface area contributed by atoms with Crippen LogP contribution in [0.1, 0.15) is 35.3 Å². The van der Waals surface area contributed by atoms with E-state index < -0.39 is 27.9 Å². The van der Waals surface area contributed by atoms with Crippen molar-refractivity contribution in [3.05, 3.63) is 65.2 Å². The van der Waals surface area contributed by atoms with Crippen molar-refractivity contribution < 1.29 is 18.0 Å². The third-order valence-corrected chi connectivity index (χ3v) is 5.69. The molecule has 1 aliphatic heterocycles. The average molecular weight is 400 g/mol. The fourth-order valence-electron chi connectivity index (χ4n) is 2.67. The molecule has 8 nitrogen and oxygen atoms in total. The number of nitrogens with one attached hydrogen (secondary N) is 3. The number of amides is 2. The molecule has 0 saturated carbocycles. The minimum atomic E-state index is -3.68. The number of carbonyl (C=O) groups is 2. The van der Waals surface area contributed by atoms with Crippen LogP contribution < -0.4 is 15.6 Å². The van der Waals surface area contributed by atoms with Crippen molar-refractivity contribution in [2.45, 2.75) is 31.2 Å². The molecule has 0 fully saturated rings. The Kier molecular flexibility index (Phi) is 5.46. The lowest BCUT2D eigenvalue weighted by Gasteiger charge is -2.11. The van der Waals surface area contributed by atoms with Crippen molar-refractivity contribution in [3.63, 3.8) is 0 Å². The van der Waals surface area contributed by atoms with E-state index in [0.717, 1.165) is 12.0 Å². The van der Waals surface area contributed by atoms with Crippen LogP contribution in [0.3, 0.4) is 0 Å². The lowest BCUT2D eigenvalue weighted by Crippen LogP contribution is -2.45. The van der Waals surface area contributed by atoms with E-state index in [1.54, 1.807) is 30.3 Å². The third kappa shape index (κ3) is 4.04. The smallest absolute Gasteiger partial charge is 0.269 e. The van der Waals surface area contributed by atoms with E-state index in [1.807, 2.05) is 19.1 Å². The Balaban J connectivity index is 1.65. The van der Waals surface area contributed by atoms with Gasteiger partial charge in [-0.3, -0.25) is 30.2 Å². The molecule has 146 valence electrons. The van der Waals surface area contributed by atoms with E-state index in [2.05, 4.69) is 20.6 Å². The van der Waals surface area contributed by atoms with Crippen LogP contribution in [0, 0.1) is 0 Å². The lowest BCUT2D eigenvalue weighted by atomic mass is 10.1. The van der Waals surface area contributed by atoms with Gasteiger partial charge in [-0.1, -0.05) is 31.2 Å². The molecule has 0 saturated heterocycles. The monoisotopic (exact) mass is 400 g/mol. The van der Waals surface area contributed by atoms with Crippen LogP contribution in [0.2, 0.25) is 0 Å². The molecule has 9 heteroatoms. The summed E-state index contributed by atoms with van der Waals surface area (Å²) in [4.78, 5) is 28.6. The Hall–Kier alpha value is -3.20. The van der Waals surface area contributed by atoms with E-state index in [0.29, 0.717) is 11.1 Å². The molecule has 0 unspecified atom stereocenters. The number of nitrogens with zero attached hydrogens (tertiary/aromatic N) is 1. The topological polar surface area (TPSA) is 117 Å². The molecule has 0 bridgehead atoms. The van der Waals surface area contributed by atoms with Crippen LogP contribution in [0.25, 0.3) is 0 Å². The average Bonchev–Trinajstić information content (AvgIpc) is 2.96. The summed E-state index contributed by atoms with van der Waals surface area (Å²) in [5.41, 5.74) is 6.55. The second-order valence-corrected chi connectivity index (χ2v) is 7.90. The Bertz CT molecular complexity index is 1050. The van der Waals surface area contributed by atoms with Gasteiger partial charge in [0.2, 0.25) is 0 Å². The van der Waals surface area contributed by atoms with Gasteiger partial charge in [0.15, 0.2) is 0 Å². The largest absolute Gasteiger partial charge is 0.271 e. The first-order valence-corrected chi connectivity index (χ1v) is 10.2. The van der Waals surface area contributed by atoms with Gasteiger partial charge in [-0.05, 0) is 43.2 Å². The molecule has 0 aromatic heterocycles. The van der Waals surface area contributed by atoms with Crippen LogP contribution in [0.15, 0.2) is 58.4 Å². The fraction of sp³-hybridized carbons (Fsp3) is 0.211. The van der Waals surface area contributed by atoms with Crippen molar-refractivity contribution in [2.75, 3.05) is 0 Å². The Morgan fingerprint density at radius 2 is 1.75 bits per heavy atom. The van der Waals surface area contributed by atoms with Gasteiger partial charge in [-0.15, -0.1) is 0 Å². The van der Waals surface area contributed by atoms with Gasteiger partial charge in [0.1, 0.15) is 11.9 Å². The molecule has 0 radical (unpaired) electrons. The molecule has 28 heavy (non-hydrogen) atoms. The number of sulfonamides is 1. The van der Waals surface area contributed by atoms with Crippen LogP contribution in [-0.2, 0) is 21.2 Å². The first-order chi connectivity index (χ1) is 13.3. The van der Waals surface area contributed by atoms with Gasteiger partial charge < -0.3 is 0 Å². The SMILES string of the molecule is CCc1ccc(C(=O)NNC(=O)[C@H](C)N=C2NS(=O)(=O)c3ccccc32)cc1. The molecular weight excluding hydrogens is 380 g/mol. The Labute approximate surface area is 163 Å². The zero-order chi connectivity index (χ0) is 20.3. The van der Waals surface area contributed by atoms with Gasteiger partial charge in [-0.2, -0.15) is 0 Å². The van der Waals surface area contributed by atoms with Crippen molar-refractivity contribution in [3.8, 4) is 0 Å². The number of amidine groups is 1. The van der Waals surface area contributed by atoms with E-state index in [-0.39, 0.29) is 10.7 Å². The summed E-state index contributed by atoms with van der Waals surface area (Å²) in [7, 11) is -3.68. The highest BCUT2D eigenvalue weighted by atomic mass is 32.2. The van der Waals surface area contributed by atoms with Crippen molar-refractivity contribution in [2.24, 2.45) is 4.99 Å². The maximum absolute atomic E-state index is 12.2. The van der Waals surface area contributed by atoms with Gasteiger partial charge in [0.25, 0.3) is 21.8 Å². The highest BCUT2D eigenvalue weighted by Gasteiger charge is 2.31. The minimum Gasteiger partial charge on any atom is -0.271 e. The summed E-state index contributed by atoms with van der Waals surface area (Å²) in [5, 5.41) is 0. The molecule has 1 heterocycles. The van der Waals surface area contributed by atoms with Gasteiger partial charge >= 0.3 is 0 Å². The van der Waals surface area contributed by atoms with E-state index in [4.69, 9.17) is 0 Å². The number of hydrogen-bond donors (Lipinski definition) is 3. The number of hydrogen-bond acceptors (Lipinski definition) is 5. The zero-order valence-electron chi connectivity index (χ0n) is 15.4. The van der Waals surface area contributed by atoms with E-state index >= 15 is 0 Å². The normalized spacial score (nSPS) is 16.7. The van der Waals surface area contributed by atoms with Crippen LogP contribution in [0.4, 0.5) is 0 Å². The summed E-state index contributed by atoms with van der Waals surface area (Å²) in [6.07, 6.45) is 0.864. The molecule has 1 aliphatic rings. The first-order valence-electron chi connectivity index (χ1n) is 8.71. The lowest BCUT2D eigenvalue weighted by molar-refractivity contribution is -0.122. The van der Waals surface area contributed by atoms with E-state index in [9.17, 15) is 18.0 Å². The summed E-state index contributed by atoms with van der Waals surface area (Å²) in [5.74, 6) is -0.933. The van der Waals surface area contributed by atoms with Crippen LogP contribution in [-0.4, -0.2) is 32.1 Å². The summed E-state index contributed by atoms with van der Waals surface area (Å²) < 4.78 is 26.5. The van der Waals surface area contributed by atoms with Gasteiger partial charge in [0.05, 0.1) is 4.90 Å². The first kappa shape index (κ1) is 19.6. The Morgan fingerprint density at radius 1 is 1.07 bits per heavy atom. The number of aryl methyl sites for hydroxylation is 1. The van der Waals surface area contributed by atoms with Crippen molar-refractivity contribution >= 4 is 27.7 Å². The standard InChI is InChI=1S/C19H20N4O4S/c1-3-13-8-10-14(11-9-13)19(25)22-21-18(24)12(2)20-17-15-6-4-5-7-16(15)28(26,27)23-17/h4-12H,3H2,1-2H3,(H,20,23)(H,21,24)(H,22,25)/t12-/m0/s1.